The van der Waals surface area contributed by atoms with Gasteiger partial charge in [0.25, 0.3) is 11.8 Å². The minimum atomic E-state index is -0.657. The fourth-order valence-corrected chi connectivity index (χ4v) is 3.08. The summed E-state index contributed by atoms with van der Waals surface area (Å²) in [4.78, 5) is 26.6. The number of hydrogen-bond acceptors (Lipinski definition) is 6. The molecule has 3 rings (SSSR count). The molecule has 0 aromatic heterocycles. The quantitative estimate of drug-likeness (QED) is 0.459. The largest absolute Gasteiger partial charge is 0.496 e. The zero-order chi connectivity index (χ0) is 21.1. The van der Waals surface area contributed by atoms with Gasteiger partial charge in [0.15, 0.2) is 16.6 Å². The monoisotopic (exact) mass is 416 g/mol. The molecule has 1 aliphatic heterocycles. The van der Waals surface area contributed by atoms with Crippen molar-refractivity contribution in [2.24, 2.45) is 0 Å². The summed E-state index contributed by atoms with van der Waals surface area (Å²) in [5.41, 5.74) is 0.579. The van der Waals surface area contributed by atoms with E-state index in [1.807, 2.05) is 0 Å². The zero-order valence-electron chi connectivity index (χ0n) is 15.8. The Morgan fingerprint density at radius 2 is 1.55 bits per heavy atom. The molecule has 0 saturated carbocycles. The molecule has 1 aliphatic rings. The van der Waals surface area contributed by atoms with Crippen molar-refractivity contribution in [2.45, 2.75) is 0 Å². The summed E-state index contributed by atoms with van der Waals surface area (Å²) in [5.74, 6) is -0.566. The number of anilines is 1. The molecular weight excluding hydrogens is 399 g/mol. The number of thiocarbonyl (C=S) groups is 1. The first-order valence-corrected chi connectivity index (χ1v) is 8.77. The normalized spacial score (nSPS) is 15.4. The van der Waals surface area contributed by atoms with Crippen molar-refractivity contribution >= 4 is 40.9 Å². The van der Waals surface area contributed by atoms with Crippen LogP contribution in [0.2, 0.25) is 0 Å². The number of carbonyl (C=O) groups is 2. The topological polar surface area (TPSA) is 77.1 Å². The van der Waals surface area contributed by atoms with E-state index in [1.54, 1.807) is 12.1 Å². The van der Waals surface area contributed by atoms with Gasteiger partial charge in [-0.3, -0.25) is 19.8 Å². The Kier molecular flexibility index (Phi) is 5.79. The summed E-state index contributed by atoms with van der Waals surface area (Å²) in [6.07, 6.45) is 1.37. The SMILES string of the molecule is COc1cc(OC)c(OC)cc1C=C1C(=O)NC(=S)N(c2ccc(F)cc2)C1=O. The Labute approximate surface area is 171 Å². The Morgan fingerprint density at radius 3 is 2.14 bits per heavy atom. The minimum absolute atomic E-state index is 0.0944. The van der Waals surface area contributed by atoms with Crippen LogP contribution in [-0.2, 0) is 9.59 Å². The van der Waals surface area contributed by atoms with E-state index in [2.05, 4.69) is 5.32 Å². The van der Waals surface area contributed by atoms with Crippen LogP contribution in [0.3, 0.4) is 0 Å². The molecule has 1 heterocycles. The van der Waals surface area contributed by atoms with E-state index in [4.69, 9.17) is 26.4 Å². The number of methoxy groups -OCH3 is 3. The third-order valence-electron chi connectivity index (χ3n) is 4.22. The second-order valence-electron chi connectivity index (χ2n) is 5.88. The summed E-state index contributed by atoms with van der Waals surface area (Å²) in [6.45, 7) is 0. The van der Waals surface area contributed by atoms with Crippen molar-refractivity contribution < 1.29 is 28.2 Å². The van der Waals surface area contributed by atoms with Gasteiger partial charge in [0, 0.05) is 11.6 Å². The van der Waals surface area contributed by atoms with E-state index in [1.165, 1.54) is 51.7 Å². The molecule has 1 saturated heterocycles. The molecule has 1 fully saturated rings. The number of ether oxygens (including phenoxy) is 3. The van der Waals surface area contributed by atoms with Gasteiger partial charge in [0.2, 0.25) is 0 Å². The first kappa shape index (κ1) is 20.3. The zero-order valence-corrected chi connectivity index (χ0v) is 16.6. The molecule has 2 aromatic rings. The third-order valence-corrected chi connectivity index (χ3v) is 4.51. The van der Waals surface area contributed by atoms with Gasteiger partial charge in [0.1, 0.15) is 17.1 Å². The van der Waals surface area contributed by atoms with Crippen LogP contribution in [0.25, 0.3) is 6.08 Å². The van der Waals surface area contributed by atoms with Crippen molar-refractivity contribution in [1.82, 2.24) is 5.32 Å². The molecular formula is C20H17FN2O5S. The average Bonchev–Trinajstić information content (AvgIpc) is 2.71. The number of rotatable bonds is 5. The molecule has 0 unspecified atom stereocenters. The van der Waals surface area contributed by atoms with E-state index >= 15 is 0 Å². The summed E-state index contributed by atoms with van der Waals surface area (Å²) >= 11 is 5.13. The van der Waals surface area contributed by atoms with Crippen LogP contribution >= 0.6 is 12.2 Å². The maximum Gasteiger partial charge on any atom is 0.270 e. The van der Waals surface area contributed by atoms with Crippen LogP contribution in [-0.4, -0.2) is 38.3 Å². The van der Waals surface area contributed by atoms with Crippen LogP contribution in [0.5, 0.6) is 17.2 Å². The average molecular weight is 416 g/mol. The van der Waals surface area contributed by atoms with Crippen LogP contribution in [0.1, 0.15) is 5.56 Å². The molecule has 29 heavy (non-hydrogen) atoms. The second kappa shape index (κ2) is 8.27. The van der Waals surface area contributed by atoms with E-state index in [9.17, 15) is 14.0 Å². The molecule has 0 radical (unpaired) electrons. The second-order valence-corrected chi connectivity index (χ2v) is 6.27. The van der Waals surface area contributed by atoms with E-state index in [0.29, 0.717) is 28.5 Å². The molecule has 0 bridgehead atoms. The van der Waals surface area contributed by atoms with Crippen LogP contribution < -0.4 is 24.4 Å². The number of nitrogens with zero attached hydrogens (tertiary/aromatic N) is 1. The lowest BCUT2D eigenvalue weighted by atomic mass is 10.1. The number of carbonyl (C=O) groups excluding carboxylic acids is 2. The van der Waals surface area contributed by atoms with Gasteiger partial charge in [-0.25, -0.2) is 4.39 Å². The lowest BCUT2D eigenvalue weighted by Gasteiger charge is -2.29. The lowest BCUT2D eigenvalue weighted by molar-refractivity contribution is -0.122. The van der Waals surface area contributed by atoms with Crippen molar-refractivity contribution in [3.63, 3.8) is 0 Å². The van der Waals surface area contributed by atoms with Crippen LogP contribution in [0, 0.1) is 5.82 Å². The third kappa shape index (κ3) is 3.90. The molecule has 2 aromatic carbocycles. The highest BCUT2D eigenvalue weighted by molar-refractivity contribution is 7.80. The van der Waals surface area contributed by atoms with Crippen LogP contribution in [0.4, 0.5) is 10.1 Å². The van der Waals surface area contributed by atoms with Gasteiger partial charge in [-0.1, -0.05) is 0 Å². The number of benzene rings is 2. The first-order valence-electron chi connectivity index (χ1n) is 8.36. The number of halogens is 1. The number of hydrogen-bond donors (Lipinski definition) is 1. The first-order chi connectivity index (χ1) is 13.9. The fraction of sp³-hybridized carbons (Fsp3) is 0.150. The molecule has 150 valence electrons. The predicted octanol–water partition coefficient (Wildman–Crippen LogP) is 2.68. The molecule has 0 atom stereocenters. The molecule has 1 N–H and O–H groups in total. The van der Waals surface area contributed by atoms with Crippen molar-refractivity contribution in [1.29, 1.82) is 0 Å². The summed E-state index contributed by atoms with van der Waals surface area (Å²) in [5, 5.41) is 2.38. The molecule has 0 spiro atoms. The standard InChI is InChI=1S/C20H17FN2O5S/c1-26-15-10-17(28-3)16(27-2)9-11(15)8-14-18(24)22-20(29)23(19(14)25)13-6-4-12(21)5-7-13/h4-10H,1-3H3,(H,22,24,29). The Bertz CT molecular complexity index is 1020. The number of nitrogens with one attached hydrogen (secondary N) is 1. The van der Waals surface area contributed by atoms with Gasteiger partial charge in [0.05, 0.1) is 27.0 Å². The van der Waals surface area contributed by atoms with E-state index in [-0.39, 0.29) is 10.7 Å². The highest BCUT2D eigenvalue weighted by atomic mass is 32.1. The van der Waals surface area contributed by atoms with E-state index < -0.39 is 17.6 Å². The minimum Gasteiger partial charge on any atom is -0.496 e. The van der Waals surface area contributed by atoms with Gasteiger partial charge in [-0.15, -0.1) is 0 Å². The van der Waals surface area contributed by atoms with Crippen molar-refractivity contribution in [3.05, 3.63) is 53.4 Å². The van der Waals surface area contributed by atoms with Gasteiger partial charge in [-0.05, 0) is 48.6 Å². The van der Waals surface area contributed by atoms with Gasteiger partial charge in [-0.2, -0.15) is 0 Å². The maximum atomic E-state index is 13.2. The Hall–Kier alpha value is -3.46. The van der Waals surface area contributed by atoms with Gasteiger partial charge < -0.3 is 14.2 Å². The van der Waals surface area contributed by atoms with Crippen LogP contribution in [0.15, 0.2) is 42.0 Å². The predicted molar refractivity (Wildman–Crippen MR) is 109 cm³/mol. The Balaban J connectivity index is 2.08. The highest BCUT2D eigenvalue weighted by Gasteiger charge is 2.34. The smallest absolute Gasteiger partial charge is 0.270 e. The maximum absolute atomic E-state index is 13.2. The summed E-state index contributed by atoms with van der Waals surface area (Å²) < 4.78 is 29.1. The lowest BCUT2D eigenvalue weighted by Crippen LogP contribution is -2.54. The molecule has 0 aliphatic carbocycles. The molecule has 7 nitrogen and oxygen atoms in total. The van der Waals surface area contributed by atoms with E-state index in [0.717, 1.165) is 4.90 Å². The summed E-state index contributed by atoms with van der Waals surface area (Å²) in [6, 6.07) is 8.35. The van der Waals surface area contributed by atoms with Gasteiger partial charge >= 0.3 is 0 Å². The highest BCUT2D eigenvalue weighted by Crippen LogP contribution is 2.36. The fourth-order valence-electron chi connectivity index (χ4n) is 2.80. The summed E-state index contributed by atoms with van der Waals surface area (Å²) in [7, 11) is 4.40. The number of amides is 2. The molecule has 2 amide bonds. The Morgan fingerprint density at radius 1 is 0.966 bits per heavy atom. The molecule has 9 heteroatoms. The van der Waals surface area contributed by atoms with Crippen molar-refractivity contribution in [2.75, 3.05) is 26.2 Å². The van der Waals surface area contributed by atoms with Crippen molar-refractivity contribution in [3.8, 4) is 17.2 Å².